The number of hydrogen-bond acceptors (Lipinski definition) is 5. The van der Waals surface area contributed by atoms with E-state index in [1.165, 1.54) is 11.2 Å². The van der Waals surface area contributed by atoms with Crippen molar-refractivity contribution in [2.75, 3.05) is 10.2 Å². The number of benzene rings is 2. The molecule has 0 spiro atoms. The summed E-state index contributed by atoms with van der Waals surface area (Å²) in [5.41, 5.74) is 2.08. The van der Waals surface area contributed by atoms with Gasteiger partial charge >= 0.3 is 6.09 Å². The summed E-state index contributed by atoms with van der Waals surface area (Å²) in [6, 6.07) is 16.0. The number of nitrogens with one attached hydrogen (secondary N) is 2. The zero-order valence-corrected chi connectivity index (χ0v) is 18.0. The zero-order valence-electron chi connectivity index (χ0n) is 18.0. The lowest BCUT2D eigenvalue weighted by molar-refractivity contribution is 0.104. The number of aromatic amines is 1. The first-order chi connectivity index (χ1) is 15.3. The van der Waals surface area contributed by atoms with Gasteiger partial charge in [-0.2, -0.15) is 0 Å². The first-order valence-corrected chi connectivity index (χ1v) is 10.1. The van der Waals surface area contributed by atoms with Gasteiger partial charge in [0, 0.05) is 28.7 Å². The van der Waals surface area contributed by atoms with Gasteiger partial charge in [0.25, 0.3) is 0 Å². The number of nitrogens with zero attached hydrogens (tertiary/aromatic N) is 3. The highest BCUT2D eigenvalue weighted by molar-refractivity contribution is 6.18. The van der Waals surface area contributed by atoms with Gasteiger partial charge in [-0.05, 0) is 39.0 Å². The molecule has 0 saturated heterocycles. The van der Waals surface area contributed by atoms with E-state index in [-0.39, 0.29) is 5.78 Å². The standard InChI is InChI=1S/C24H23N5O3/c1-24(2,3)29(23(31)32)17-11-7-10-16(12-17)28-22-19-18(13-25-21(19)26-14-27-22)20(30)15-8-5-4-6-9-15/h4-14H,1-3H3,(H,31,32)(H2,25,26,27,28). The molecule has 0 fully saturated rings. The lowest BCUT2D eigenvalue weighted by atomic mass is 10.0. The van der Waals surface area contributed by atoms with Crippen LogP contribution in [-0.2, 0) is 0 Å². The van der Waals surface area contributed by atoms with Gasteiger partial charge in [0.15, 0.2) is 5.78 Å². The molecular weight excluding hydrogens is 406 g/mol. The van der Waals surface area contributed by atoms with E-state index < -0.39 is 11.6 Å². The van der Waals surface area contributed by atoms with E-state index in [1.807, 2.05) is 45.0 Å². The highest BCUT2D eigenvalue weighted by atomic mass is 16.4. The van der Waals surface area contributed by atoms with E-state index in [4.69, 9.17) is 0 Å². The average molecular weight is 429 g/mol. The summed E-state index contributed by atoms with van der Waals surface area (Å²) >= 11 is 0. The highest BCUT2D eigenvalue weighted by Crippen LogP contribution is 2.31. The van der Waals surface area contributed by atoms with Crippen molar-refractivity contribution < 1.29 is 14.7 Å². The Labute approximate surface area is 184 Å². The van der Waals surface area contributed by atoms with Crippen LogP contribution in [0.2, 0.25) is 0 Å². The van der Waals surface area contributed by atoms with E-state index in [1.54, 1.807) is 36.5 Å². The van der Waals surface area contributed by atoms with Gasteiger partial charge in [-0.1, -0.05) is 36.4 Å². The normalized spacial score (nSPS) is 11.3. The lowest BCUT2D eigenvalue weighted by Crippen LogP contribution is -2.45. The van der Waals surface area contributed by atoms with E-state index in [9.17, 15) is 14.7 Å². The van der Waals surface area contributed by atoms with Crippen molar-refractivity contribution in [3.63, 3.8) is 0 Å². The SMILES string of the molecule is CC(C)(C)N(C(=O)O)c1cccc(Nc2ncnc3[nH]cc(C(=O)c4ccccc4)c23)c1. The highest BCUT2D eigenvalue weighted by Gasteiger charge is 2.28. The molecule has 3 N–H and O–H groups in total. The molecule has 0 atom stereocenters. The van der Waals surface area contributed by atoms with E-state index >= 15 is 0 Å². The van der Waals surface area contributed by atoms with E-state index in [0.29, 0.717) is 39.4 Å². The van der Waals surface area contributed by atoms with Crippen molar-refractivity contribution in [2.45, 2.75) is 26.3 Å². The van der Waals surface area contributed by atoms with Crippen molar-refractivity contribution in [3.8, 4) is 0 Å². The topological polar surface area (TPSA) is 111 Å². The summed E-state index contributed by atoms with van der Waals surface area (Å²) < 4.78 is 0. The minimum atomic E-state index is -1.04. The Hall–Kier alpha value is -4.20. The number of aromatic nitrogens is 3. The number of carbonyl (C=O) groups is 2. The molecule has 2 aromatic heterocycles. The fourth-order valence-corrected chi connectivity index (χ4v) is 3.63. The fraction of sp³-hybridized carbons (Fsp3) is 0.167. The second kappa shape index (κ2) is 8.14. The molecule has 0 aliphatic carbocycles. The number of ketones is 1. The molecule has 2 heterocycles. The Kier molecular flexibility index (Phi) is 5.36. The molecule has 32 heavy (non-hydrogen) atoms. The molecule has 2 aromatic carbocycles. The third-order valence-corrected chi connectivity index (χ3v) is 4.98. The molecule has 0 unspecified atom stereocenters. The van der Waals surface area contributed by atoms with Crippen LogP contribution in [0.25, 0.3) is 11.0 Å². The van der Waals surface area contributed by atoms with Crippen LogP contribution in [0.15, 0.2) is 67.1 Å². The summed E-state index contributed by atoms with van der Waals surface area (Å²) in [7, 11) is 0. The molecule has 0 radical (unpaired) electrons. The van der Waals surface area contributed by atoms with Gasteiger partial charge in [0.1, 0.15) is 17.8 Å². The summed E-state index contributed by atoms with van der Waals surface area (Å²) in [6.45, 7) is 5.49. The molecule has 4 aromatic rings. The van der Waals surface area contributed by atoms with Gasteiger partial charge in [-0.3, -0.25) is 9.69 Å². The summed E-state index contributed by atoms with van der Waals surface area (Å²) in [5.74, 6) is 0.304. The Bertz CT molecular complexity index is 1290. The van der Waals surface area contributed by atoms with Gasteiger partial charge in [0.05, 0.1) is 10.9 Å². The number of amides is 1. The molecule has 0 saturated carbocycles. The Balaban J connectivity index is 1.74. The lowest BCUT2D eigenvalue weighted by Gasteiger charge is -2.33. The molecule has 8 heteroatoms. The largest absolute Gasteiger partial charge is 0.465 e. The summed E-state index contributed by atoms with van der Waals surface area (Å²) in [6.07, 6.45) is 1.99. The third kappa shape index (κ3) is 4.02. The molecular formula is C24H23N5O3. The number of fused-ring (bicyclic) bond motifs is 1. The number of anilines is 3. The van der Waals surface area contributed by atoms with E-state index in [0.717, 1.165) is 0 Å². The predicted molar refractivity (Wildman–Crippen MR) is 124 cm³/mol. The predicted octanol–water partition coefficient (Wildman–Crippen LogP) is 5.22. The van der Waals surface area contributed by atoms with Crippen molar-refractivity contribution >= 4 is 40.1 Å². The van der Waals surface area contributed by atoms with Gasteiger partial charge in [-0.25, -0.2) is 14.8 Å². The van der Waals surface area contributed by atoms with Crippen LogP contribution >= 0.6 is 0 Å². The first-order valence-electron chi connectivity index (χ1n) is 10.1. The Morgan fingerprint density at radius 2 is 1.78 bits per heavy atom. The maximum Gasteiger partial charge on any atom is 0.412 e. The fourth-order valence-electron chi connectivity index (χ4n) is 3.63. The number of carboxylic acid groups (broad SMARTS) is 1. The van der Waals surface area contributed by atoms with Crippen LogP contribution < -0.4 is 10.2 Å². The molecule has 1 amide bonds. The minimum absolute atomic E-state index is 0.145. The van der Waals surface area contributed by atoms with Gasteiger partial charge < -0.3 is 15.4 Å². The molecule has 8 nitrogen and oxygen atoms in total. The number of hydrogen-bond donors (Lipinski definition) is 3. The summed E-state index contributed by atoms with van der Waals surface area (Å²) in [5, 5.41) is 13.5. The minimum Gasteiger partial charge on any atom is -0.465 e. The molecule has 0 aliphatic rings. The second-order valence-corrected chi connectivity index (χ2v) is 8.31. The second-order valence-electron chi connectivity index (χ2n) is 8.31. The van der Waals surface area contributed by atoms with Crippen molar-refractivity contribution in [2.24, 2.45) is 0 Å². The average Bonchev–Trinajstić information content (AvgIpc) is 3.18. The molecule has 162 valence electrons. The monoisotopic (exact) mass is 429 g/mol. The smallest absolute Gasteiger partial charge is 0.412 e. The quantitative estimate of drug-likeness (QED) is 0.375. The number of carbonyl (C=O) groups excluding carboxylic acids is 1. The molecule has 0 aliphatic heterocycles. The van der Waals surface area contributed by atoms with Crippen molar-refractivity contribution in [1.29, 1.82) is 0 Å². The van der Waals surface area contributed by atoms with Crippen LogP contribution in [0.5, 0.6) is 0 Å². The molecule has 0 bridgehead atoms. The maximum absolute atomic E-state index is 13.1. The van der Waals surface area contributed by atoms with Crippen LogP contribution in [0, 0.1) is 0 Å². The van der Waals surface area contributed by atoms with Gasteiger partial charge in [-0.15, -0.1) is 0 Å². The Morgan fingerprint density at radius 3 is 2.47 bits per heavy atom. The number of H-pyrrole nitrogens is 1. The van der Waals surface area contributed by atoms with Crippen LogP contribution in [0.1, 0.15) is 36.7 Å². The van der Waals surface area contributed by atoms with Crippen molar-refractivity contribution in [1.82, 2.24) is 15.0 Å². The Morgan fingerprint density at radius 1 is 1.03 bits per heavy atom. The zero-order chi connectivity index (χ0) is 22.9. The number of rotatable bonds is 5. The first kappa shape index (κ1) is 21.0. The van der Waals surface area contributed by atoms with Crippen molar-refractivity contribution in [3.05, 3.63) is 78.2 Å². The summed E-state index contributed by atoms with van der Waals surface area (Å²) in [4.78, 5) is 37.8. The van der Waals surface area contributed by atoms with E-state index in [2.05, 4.69) is 20.3 Å². The molecule has 4 rings (SSSR count). The maximum atomic E-state index is 13.1. The van der Waals surface area contributed by atoms with Crippen LogP contribution in [0.4, 0.5) is 22.0 Å². The van der Waals surface area contributed by atoms with Gasteiger partial charge in [0.2, 0.25) is 0 Å². The van der Waals surface area contributed by atoms with Crippen LogP contribution in [-0.4, -0.2) is 37.5 Å². The third-order valence-electron chi connectivity index (χ3n) is 4.98. The van der Waals surface area contributed by atoms with Crippen LogP contribution in [0.3, 0.4) is 0 Å².